The highest BCUT2D eigenvalue weighted by Gasteiger charge is 2.50. The number of allylic oxidation sites excluding steroid dienone is 7. The van der Waals surface area contributed by atoms with Crippen molar-refractivity contribution < 1.29 is 29.2 Å². The van der Waals surface area contributed by atoms with Crippen molar-refractivity contribution >= 4 is 5.91 Å². The highest BCUT2D eigenvalue weighted by molar-refractivity contribution is 5.81. The summed E-state index contributed by atoms with van der Waals surface area (Å²) in [6, 6.07) is 0. The molecule has 0 aliphatic carbocycles. The number of rotatable bonds is 16. The summed E-state index contributed by atoms with van der Waals surface area (Å²) in [6.45, 7) is 21.2. The monoisotopic (exact) mass is 698 g/mol. The molecule has 50 heavy (non-hydrogen) atoms. The average Bonchev–Trinajstić information content (AvgIpc) is 3.08. The fourth-order valence-electron chi connectivity index (χ4n) is 7.91. The van der Waals surface area contributed by atoms with Crippen molar-refractivity contribution in [3.63, 3.8) is 0 Å². The molecule has 3 heterocycles. The Morgan fingerprint density at radius 1 is 1.12 bits per heavy atom. The van der Waals surface area contributed by atoms with Crippen LogP contribution in [-0.2, 0) is 19.0 Å². The predicted octanol–water partition coefficient (Wildman–Crippen LogP) is 8.83. The molecule has 3 N–H and O–H groups in total. The summed E-state index contributed by atoms with van der Waals surface area (Å²) < 4.78 is 18.6. The molecule has 0 aromatic carbocycles. The Labute approximate surface area is 304 Å². The van der Waals surface area contributed by atoms with Gasteiger partial charge in [0.25, 0.3) is 0 Å². The van der Waals surface area contributed by atoms with Crippen molar-refractivity contribution in [3.05, 3.63) is 59.8 Å². The summed E-state index contributed by atoms with van der Waals surface area (Å²) >= 11 is 0. The van der Waals surface area contributed by atoms with Crippen LogP contribution in [0.15, 0.2) is 59.8 Å². The number of aliphatic hydroxyl groups is 2. The first-order valence-electron chi connectivity index (χ1n) is 19.5. The van der Waals surface area contributed by atoms with E-state index in [1.165, 1.54) is 5.57 Å². The second-order valence-electron chi connectivity index (χ2n) is 16.3. The van der Waals surface area contributed by atoms with Crippen LogP contribution >= 0.6 is 0 Å². The Hall–Kier alpha value is -2.03. The highest BCUT2D eigenvalue weighted by atomic mass is 16.7. The normalized spacial score (nSPS) is 35.7. The van der Waals surface area contributed by atoms with E-state index >= 15 is 0 Å². The molecular formula is C43H71NO6. The van der Waals surface area contributed by atoms with Crippen molar-refractivity contribution in [3.8, 4) is 0 Å². The van der Waals surface area contributed by atoms with E-state index in [1.807, 2.05) is 25.2 Å². The molecule has 3 aliphatic rings. The van der Waals surface area contributed by atoms with Crippen LogP contribution in [0, 0.1) is 41.4 Å². The minimum absolute atomic E-state index is 0.0277. The molecule has 2 fully saturated rings. The molecule has 2 saturated heterocycles. The third-order valence-corrected chi connectivity index (χ3v) is 12.3. The van der Waals surface area contributed by atoms with Crippen molar-refractivity contribution in [2.45, 2.75) is 157 Å². The summed E-state index contributed by atoms with van der Waals surface area (Å²) in [6.07, 6.45) is 22.3. The number of hydrogen-bond acceptors (Lipinski definition) is 6. The Morgan fingerprint density at radius 2 is 1.84 bits per heavy atom. The number of methoxy groups -OCH3 is 1. The Morgan fingerprint density at radius 3 is 2.52 bits per heavy atom. The Kier molecular flexibility index (Phi) is 16.2. The van der Waals surface area contributed by atoms with Crippen LogP contribution in [0.2, 0.25) is 0 Å². The number of nitrogens with one attached hydrogen (secondary N) is 1. The maximum absolute atomic E-state index is 12.8. The third-order valence-electron chi connectivity index (χ3n) is 12.3. The zero-order valence-electron chi connectivity index (χ0n) is 33.2. The highest BCUT2D eigenvalue weighted by Crippen LogP contribution is 2.43. The number of carbonyl (C=O) groups excluding carboxylic acids is 1. The van der Waals surface area contributed by atoms with Gasteiger partial charge in [-0.3, -0.25) is 4.79 Å². The van der Waals surface area contributed by atoms with Gasteiger partial charge < -0.3 is 29.7 Å². The first-order chi connectivity index (χ1) is 23.6. The lowest BCUT2D eigenvalue weighted by atomic mass is 9.75. The molecular weight excluding hydrogens is 626 g/mol. The van der Waals surface area contributed by atoms with Gasteiger partial charge in [-0.1, -0.05) is 103 Å². The van der Waals surface area contributed by atoms with E-state index in [-0.39, 0.29) is 47.7 Å². The number of aliphatic hydroxyl groups excluding tert-OH is 2. The standard InChI is InChI=1S/C43H71NO6/c1-12-36-26-34(8)43(44-41(36)47)33(7)25-32(6)39(49-43)27-38(46)30(4)21-17-13-15-19-28(2)29(3)20-16-14-18-22-37(45)35(9)40-31(5)23-24-42(10,48-11)50-40/h13-16,18-19,22,25,29-32,34-40,45-46H,12,17,20-21,23-24,26-27H2,1-11H3,(H,44,47)/b15-13+,16-14+,22-18+,28-19+/t29-,30-,31+,32+,34-,35-,36-,37-,38-,39-,40-,42-,43-/m0/s1. The summed E-state index contributed by atoms with van der Waals surface area (Å²) in [4.78, 5) is 12.8. The molecule has 284 valence electrons. The Bertz CT molecular complexity index is 1240. The van der Waals surface area contributed by atoms with Crippen molar-refractivity contribution in [2.24, 2.45) is 41.4 Å². The summed E-state index contributed by atoms with van der Waals surface area (Å²) in [5.74, 6) is 0.765. The number of ether oxygens (including phenoxy) is 3. The van der Waals surface area contributed by atoms with Gasteiger partial charge in [0.1, 0.15) is 0 Å². The molecule has 0 aromatic rings. The molecule has 13 atom stereocenters. The largest absolute Gasteiger partial charge is 0.393 e. The topological polar surface area (TPSA) is 97.3 Å². The van der Waals surface area contributed by atoms with Gasteiger partial charge in [0.15, 0.2) is 11.5 Å². The summed E-state index contributed by atoms with van der Waals surface area (Å²) in [7, 11) is 1.69. The van der Waals surface area contributed by atoms with Crippen LogP contribution < -0.4 is 5.32 Å². The number of amides is 1. The molecule has 7 heteroatoms. The zero-order chi connectivity index (χ0) is 37.2. The summed E-state index contributed by atoms with van der Waals surface area (Å²) in [5.41, 5.74) is 1.62. The van der Waals surface area contributed by atoms with Crippen LogP contribution in [0.4, 0.5) is 0 Å². The molecule has 0 saturated carbocycles. The van der Waals surface area contributed by atoms with E-state index in [2.05, 4.69) is 98.0 Å². The van der Waals surface area contributed by atoms with E-state index in [1.54, 1.807) is 7.11 Å². The number of piperidine rings is 1. The number of carbonyl (C=O) groups is 1. The zero-order valence-corrected chi connectivity index (χ0v) is 33.2. The SMILES string of the molecule is CC[C@H]1C[C@H](C)[C@@]2(NC1=O)O[C@@H](C[C@H](O)[C@@H](C)CC/C=C/C=C(\C)[C@@H](C)C/C=C/C=C/[C@H](O)[C@H](C)[C@H]1O[C@](C)(OC)CC[C@H]1C)[C@H](C)C=C2C. The smallest absolute Gasteiger partial charge is 0.225 e. The minimum Gasteiger partial charge on any atom is -0.393 e. The predicted molar refractivity (Wildman–Crippen MR) is 204 cm³/mol. The first kappa shape index (κ1) is 42.4. The average molecular weight is 698 g/mol. The third kappa shape index (κ3) is 11.0. The van der Waals surface area contributed by atoms with Crippen molar-refractivity contribution in [1.29, 1.82) is 0 Å². The van der Waals surface area contributed by atoms with Gasteiger partial charge in [-0.25, -0.2) is 0 Å². The lowest BCUT2D eigenvalue weighted by Gasteiger charge is -2.51. The van der Waals surface area contributed by atoms with Gasteiger partial charge in [0.05, 0.1) is 24.4 Å². The summed E-state index contributed by atoms with van der Waals surface area (Å²) in [5, 5.41) is 25.2. The van der Waals surface area contributed by atoms with Gasteiger partial charge in [-0.15, -0.1) is 0 Å². The lowest BCUT2D eigenvalue weighted by molar-refractivity contribution is -0.281. The van der Waals surface area contributed by atoms with Crippen LogP contribution in [0.3, 0.4) is 0 Å². The van der Waals surface area contributed by atoms with E-state index < -0.39 is 23.7 Å². The Balaban J connectivity index is 1.41. The van der Waals surface area contributed by atoms with E-state index in [0.717, 1.165) is 50.5 Å². The molecule has 0 radical (unpaired) electrons. The fourth-order valence-corrected chi connectivity index (χ4v) is 7.91. The first-order valence-corrected chi connectivity index (χ1v) is 19.5. The second kappa shape index (κ2) is 19.2. The lowest BCUT2D eigenvalue weighted by Crippen LogP contribution is -2.64. The molecule has 0 bridgehead atoms. The van der Waals surface area contributed by atoms with Crippen LogP contribution in [0.25, 0.3) is 0 Å². The maximum atomic E-state index is 12.8. The molecule has 1 amide bonds. The molecule has 7 nitrogen and oxygen atoms in total. The van der Waals surface area contributed by atoms with Crippen molar-refractivity contribution in [1.82, 2.24) is 5.32 Å². The van der Waals surface area contributed by atoms with Gasteiger partial charge in [-0.2, -0.15) is 0 Å². The second-order valence-corrected chi connectivity index (χ2v) is 16.3. The number of hydrogen-bond donors (Lipinski definition) is 3. The molecule has 0 unspecified atom stereocenters. The van der Waals surface area contributed by atoms with Gasteiger partial charge >= 0.3 is 0 Å². The molecule has 1 spiro atoms. The molecule has 3 aliphatic heterocycles. The minimum atomic E-state index is -0.766. The molecule has 0 aromatic heterocycles. The maximum Gasteiger partial charge on any atom is 0.225 e. The van der Waals surface area contributed by atoms with Crippen molar-refractivity contribution in [2.75, 3.05) is 7.11 Å². The quantitative estimate of drug-likeness (QED) is 0.110. The van der Waals surface area contributed by atoms with E-state index in [0.29, 0.717) is 18.3 Å². The van der Waals surface area contributed by atoms with Crippen LogP contribution in [0.1, 0.15) is 121 Å². The van der Waals surface area contributed by atoms with Crippen LogP contribution in [0.5, 0.6) is 0 Å². The van der Waals surface area contributed by atoms with Crippen LogP contribution in [-0.4, -0.2) is 59.2 Å². The van der Waals surface area contributed by atoms with Gasteiger partial charge in [0.2, 0.25) is 5.91 Å². The van der Waals surface area contributed by atoms with E-state index in [9.17, 15) is 15.0 Å². The fraction of sp³-hybridized carbons (Fsp3) is 0.744. The molecule has 3 rings (SSSR count). The van der Waals surface area contributed by atoms with Gasteiger partial charge in [0, 0.05) is 43.6 Å². The van der Waals surface area contributed by atoms with Gasteiger partial charge in [-0.05, 0) is 82.6 Å². The van der Waals surface area contributed by atoms with E-state index in [4.69, 9.17) is 14.2 Å².